The van der Waals surface area contributed by atoms with Crippen LogP contribution in [0.5, 0.6) is 0 Å². The Kier molecular flexibility index (Phi) is 5.04. The minimum absolute atomic E-state index is 0.471. The highest BCUT2D eigenvalue weighted by Crippen LogP contribution is 2.52. The zero-order chi connectivity index (χ0) is 14.8. The molecule has 112 valence electrons. The molecule has 0 saturated heterocycles. The molecule has 0 N–H and O–H groups in total. The third-order valence-corrected chi connectivity index (χ3v) is 6.04. The quantitative estimate of drug-likeness (QED) is 0.349. The highest BCUT2D eigenvalue weighted by molar-refractivity contribution is 5.11. The summed E-state index contributed by atoms with van der Waals surface area (Å²) in [4.78, 5) is 0. The van der Waals surface area contributed by atoms with E-state index >= 15 is 0 Å². The van der Waals surface area contributed by atoms with Gasteiger partial charge in [-0.05, 0) is 58.3 Å². The predicted molar refractivity (Wildman–Crippen MR) is 89.5 cm³/mol. The molecule has 2 rings (SSSR count). The molecule has 0 aromatic rings. The van der Waals surface area contributed by atoms with Gasteiger partial charge < -0.3 is 0 Å². The van der Waals surface area contributed by atoms with Crippen molar-refractivity contribution < 1.29 is 0 Å². The normalized spacial score (nSPS) is 37.0. The Bertz CT molecular complexity index is 383. The van der Waals surface area contributed by atoms with E-state index in [-0.39, 0.29) is 0 Å². The summed E-state index contributed by atoms with van der Waals surface area (Å²) in [6.07, 6.45) is 14.2. The third-order valence-electron chi connectivity index (χ3n) is 6.04. The van der Waals surface area contributed by atoms with Gasteiger partial charge in [0.15, 0.2) is 0 Å². The van der Waals surface area contributed by atoms with Crippen molar-refractivity contribution in [3.63, 3.8) is 0 Å². The van der Waals surface area contributed by atoms with E-state index < -0.39 is 0 Å². The first-order chi connectivity index (χ1) is 9.41. The summed E-state index contributed by atoms with van der Waals surface area (Å²) in [7, 11) is 0. The maximum Gasteiger partial charge on any atom is 0.106 e. The van der Waals surface area contributed by atoms with Crippen LogP contribution in [0, 0.1) is 23.2 Å². The lowest BCUT2D eigenvalue weighted by Gasteiger charge is -2.43. The monoisotopic (exact) mass is 273 g/mol. The molecule has 0 aliphatic heterocycles. The van der Waals surface area contributed by atoms with Gasteiger partial charge in [-0.1, -0.05) is 37.1 Å². The molecule has 0 heterocycles. The smallest absolute Gasteiger partial charge is 0.0853 e. The van der Waals surface area contributed by atoms with Crippen molar-refractivity contribution in [1.29, 1.82) is 0 Å². The molecule has 0 aromatic carbocycles. The average Bonchev–Trinajstić information content (AvgIpc) is 2.36. The molecule has 0 heteroatoms. The maximum absolute atomic E-state index is 2.54. The largest absolute Gasteiger partial charge is 0.106 e. The highest BCUT2D eigenvalue weighted by Gasteiger charge is 2.49. The number of hydrogen-bond donors (Lipinski definition) is 0. The zero-order valence-electron chi connectivity index (χ0n) is 14.3. The maximum atomic E-state index is 2.54. The summed E-state index contributed by atoms with van der Waals surface area (Å²) in [5.41, 5.74) is 3.66. The summed E-state index contributed by atoms with van der Waals surface area (Å²) in [5, 5.41) is 0. The first-order valence-electron chi connectivity index (χ1n) is 8.55. The van der Waals surface area contributed by atoms with Gasteiger partial charge in [-0.15, -0.1) is 0 Å². The molecule has 0 radical (unpaired) electrons. The van der Waals surface area contributed by atoms with E-state index in [1.54, 1.807) is 17.1 Å². The van der Waals surface area contributed by atoms with E-state index in [1.165, 1.54) is 44.9 Å². The van der Waals surface area contributed by atoms with Crippen LogP contribution in [0.15, 0.2) is 23.3 Å². The molecular formula is C20H33+. The fourth-order valence-electron chi connectivity index (χ4n) is 4.37. The van der Waals surface area contributed by atoms with Crippen LogP contribution in [0.25, 0.3) is 0 Å². The SMILES string of the molecule is C/C1=C\CC2CC[C+](C)C(CC/C(C)=C/CC1)C2(C)C. The van der Waals surface area contributed by atoms with Gasteiger partial charge in [0.25, 0.3) is 0 Å². The number of allylic oxidation sites excluding steroid dienone is 4. The van der Waals surface area contributed by atoms with Crippen LogP contribution in [0.3, 0.4) is 0 Å². The Morgan fingerprint density at radius 1 is 1.05 bits per heavy atom. The van der Waals surface area contributed by atoms with E-state index in [1.807, 2.05) is 0 Å². The van der Waals surface area contributed by atoms with Crippen LogP contribution in [0.2, 0.25) is 0 Å². The van der Waals surface area contributed by atoms with Gasteiger partial charge in [0, 0.05) is 5.41 Å². The minimum atomic E-state index is 0.471. The second-order valence-electron chi connectivity index (χ2n) is 7.87. The van der Waals surface area contributed by atoms with Crippen molar-refractivity contribution in [2.45, 2.75) is 79.6 Å². The molecule has 1 saturated carbocycles. The van der Waals surface area contributed by atoms with Crippen LogP contribution < -0.4 is 0 Å². The average molecular weight is 273 g/mol. The molecule has 0 nitrogen and oxygen atoms in total. The van der Waals surface area contributed by atoms with Crippen LogP contribution in [-0.4, -0.2) is 0 Å². The van der Waals surface area contributed by atoms with E-state index in [0.717, 1.165) is 11.8 Å². The van der Waals surface area contributed by atoms with Crippen LogP contribution >= 0.6 is 0 Å². The number of hydrogen-bond acceptors (Lipinski definition) is 0. The Hall–Kier alpha value is -0.650. The van der Waals surface area contributed by atoms with Gasteiger partial charge >= 0.3 is 0 Å². The highest BCUT2D eigenvalue weighted by atomic mass is 14.5. The van der Waals surface area contributed by atoms with Crippen molar-refractivity contribution in [1.82, 2.24) is 0 Å². The molecular weight excluding hydrogens is 240 g/mol. The third kappa shape index (κ3) is 3.51. The van der Waals surface area contributed by atoms with Crippen molar-refractivity contribution in [3.8, 4) is 0 Å². The molecule has 0 amide bonds. The fourth-order valence-corrected chi connectivity index (χ4v) is 4.37. The molecule has 2 aliphatic rings. The van der Waals surface area contributed by atoms with Gasteiger partial charge in [-0.3, -0.25) is 0 Å². The Morgan fingerprint density at radius 3 is 2.50 bits per heavy atom. The van der Waals surface area contributed by atoms with E-state index in [2.05, 4.69) is 46.8 Å². The Morgan fingerprint density at radius 2 is 1.75 bits per heavy atom. The summed E-state index contributed by atoms with van der Waals surface area (Å²) >= 11 is 0. The standard InChI is InChI=1S/C20H33/c1-15-7-6-8-16(2)10-14-19-17(3)11-13-18(12-9-15)20(19,4)5/h8-9,18-19H,6-7,10-14H2,1-5H3/q+1/b15-9+,16-8+. The number of rotatable bonds is 0. The van der Waals surface area contributed by atoms with Gasteiger partial charge in [0.1, 0.15) is 5.92 Å². The van der Waals surface area contributed by atoms with Crippen molar-refractivity contribution in [2.24, 2.45) is 17.3 Å². The Balaban J connectivity index is 2.24. The second-order valence-corrected chi connectivity index (χ2v) is 7.87. The number of fused-ring (bicyclic) bond motifs is 2. The van der Waals surface area contributed by atoms with E-state index in [4.69, 9.17) is 0 Å². The molecule has 2 atom stereocenters. The van der Waals surface area contributed by atoms with Crippen molar-refractivity contribution in [2.75, 3.05) is 0 Å². The molecule has 2 aliphatic carbocycles. The Labute approximate surface area is 126 Å². The molecule has 2 bridgehead atoms. The van der Waals surface area contributed by atoms with Gasteiger partial charge in [-0.25, -0.2) is 0 Å². The summed E-state index contributed by atoms with van der Waals surface area (Å²) < 4.78 is 0. The molecule has 1 fully saturated rings. The van der Waals surface area contributed by atoms with E-state index in [0.29, 0.717) is 5.41 Å². The second kappa shape index (κ2) is 6.41. The lowest BCUT2D eigenvalue weighted by molar-refractivity contribution is 0.0739. The molecule has 0 aromatic heterocycles. The van der Waals surface area contributed by atoms with Crippen molar-refractivity contribution >= 4 is 0 Å². The van der Waals surface area contributed by atoms with Gasteiger partial charge in [-0.2, -0.15) is 0 Å². The molecule has 2 unspecified atom stereocenters. The zero-order valence-corrected chi connectivity index (χ0v) is 14.3. The van der Waals surface area contributed by atoms with Gasteiger partial charge in [0.2, 0.25) is 0 Å². The summed E-state index contributed by atoms with van der Waals surface area (Å²) in [6, 6.07) is 0. The predicted octanol–water partition coefficient (Wildman–Crippen LogP) is 6.49. The van der Waals surface area contributed by atoms with Gasteiger partial charge in [0.05, 0.1) is 19.3 Å². The lowest BCUT2D eigenvalue weighted by atomic mass is 9.56. The van der Waals surface area contributed by atoms with E-state index in [9.17, 15) is 0 Å². The summed E-state index contributed by atoms with van der Waals surface area (Å²) in [5.74, 6) is 3.45. The molecule has 20 heavy (non-hydrogen) atoms. The van der Waals surface area contributed by atoms with Crippen molar-refractivity contribution in [3.05, 3.63) is 29.2 Å². The van der Waals surface area contributed by atoms with Crippen LogP contribution in [0.1, 0.15) is 79.6 Å². The topological polar surface area (TPSA) is 0 Å². The van der Waals surface area contributed by atoms with Crippen LogP contribution in [-0.2, 0) is 0 Å². The minimum Gasteiger partial charge on any atom is -0.0853 e. The summed E-state index contributed by atoms with van der Waals surface area (Å²) in [6.45, 7) is 12.1. The molecule has 0 spiro atoms. The van der Waals surface area contributed by atoms with Crippen LogP contribution in [0.4, 0.5) is 0 Å². The lowest BCUT2D eigenvalue weighted by Crippen LogP contribution is -2.39. The first kappa shape index (κ1) is 15.7. The fraction of sp³-hybridized carbons (Fsp3) is 0.750. The first-order valence-corrected chi connectivity index (χ1v) is 8.55.